The highest BCUT2D eigenvalue weighted by Gasteiger charge is 2.44. The molecule has 31 heavy (non-hydrogen) atoms. The van der Waals surface area contributed by atoms with Gasteiger partial charge in [0.05, 0.1) is 6.42 Å². The van der Waals surface area contributed by atoms with Crippen LogP contribution in [0, 0.1) is 0 Å². The lowest BCUT2D eigenvalue weighted by atomic mass is 10.2. The summed E-state index contributed by atoms with van der Waals surface area (Å²) in [5, 5.41) is -0.287. The van der Waals surface area contributed by atoms with Crippen molar-refractivity contribution in [2.75, 3.05) is 0 Å². The number of carbonyl (C=O) groups excluding carboxylic acids is 2. The molecule has 0 unspecified atom stereocenters. The molecule has 0 radical (unpaired) electrons. The molecule has 5 nitrogen and oxygen atoms in total. The molecule has 0 aromatic carbocycles. The van der Waals surface area contributed by atoms with Crippen LogP contribution in [-0.4, -0.2) is 36.9 Å². The van der Waals surface area contributed by atoms with Crippen molar-refractivity contribution in [3.63, 3.8) is 0 Å². The summed E-state index contributed by atoms with van der Waals surface area (Å²) in [5.74, 6) is -0.664. The van der Waals surface area contributed by atoms with E-state index in [1.165, 1.54) is 0 Å². The molecule has 0 saturated heterocycles. The van der Waals surface area contributed by atoms with E-state index in [2.05, 4.69) is 75.4 Å². The monoisotopic (exact) mass is 488 g/mol. The van der Waals surface area contributed by atoms with E-state index in [1.807, 2.05) is 26.2 Å². The van der Waals surface area contributed by atoms with E-state index in [0.717, 1.165) is 0 Å². The molecule has 0 aromatic heterocycles. The minimum absolute atomic E-state index is 0.0108. The first-order valence-electron chi connectivity index (χ1n) is 11.2. The van der Waals surface area contributed by atoms with Gasteiger partial charge in [-0.2, -0.15) is 0 Å². The Bertz CT molecular complexity index is 687. The number of hydrogen-bond donors (Lipinski definition) is 0. The molecular formula is C23H48O5Si3. The van der Waals surface area contributed by atoms with Gasteiger partial charge in [-0.15, -0.1) is 0 Å². The standard InChI is InChI=1S/C23H48O5Si3/c1-21(2,3)29(10,11)26-18(20(25)28-31(14,15)23(7,8)9)16-17-19(24)27-30(12,13)22(4,5)6/h16H,17H2,1-15H3/b18-16-. The molecule has 0 aromatic rings. The summed E-state index contributed by atoms with van der Waals surface area (Å²) < 4.78 is 18.2. The van der Waals surface area contributed by atoms with Crippen LogP contribution in [-0.2, 0) is 22.9 Å². The van der Waals surface area contributed by atoms with Crippen molar-refractivity contribution in [3.05, 3.63) is 11.8 Å². The van der Waals surface area contributed by atoms with Gasteiger partial charge >= 0.3 is 5.97 Å². The van der Waals surface area contributed by atoms with Crippen LogP contribution in [0.2, 0.25) is 54.4 Å². The summed E-state index contributed by atoms with van der Waals surface area (Å²) in [5.41, 5.74) is 0. The number of hydrogen-bond acceptors (Lipinski definition) is 5. The Morgan fingerprint density at radius 3 is 1.29 bits per heavy atom. The largest absolute Gasteiger partial charge is 0.539 e. The molecular weight excluding hydrogens is 441 g/mol. The predicted octanol–water partition coefficient (Wildman–Crippen LogP) is 7.38. The molecule has 0 atom stereocenters. The van der Waals surface area contributed by atoms with Gasteiger partial charge in [0.25, 0.3) is 30.9 Å². The van der Waals surface area contributed by atoms with E-state index < -0.39 is 30.9 Å². The summed E-state index contributed by atoms with van der Waals surface area (Å²) in [6, 6.07) is 0. The van der Waals surface area contributed by atoms with Gasteiger partial charge in [-0.25, -0.2) is 4.79 Å². The van der Waals surface area contributed by atoms with Crippen molar-refractivity contribution in [1.82, 2.24) is 0 Å². The third kappa shape index (κ3) is 8.53. The predicted molar refractivity (Wildman–Crippen MR) is 138 cm³/mol. The Morgan fingerprint density at radius 1 is 0.613 bits per heavy atom. The highest BCUT2D eigenvalue weighted by molar-refractivity contribution is 6.76. The van der Waals surface area contributed by atoms with Gasteiger partial charge < -0.3 is 13.3 Å². The Morgan fingerprint density at radius 2 is 0.935 bits per heavy atom. The van der Waals surface area contributed by atoms with Crippen LogP contribution in [0.15, 0.2) is 11.8 Å². The molecule has 0 rings (SSSR count). The molecule has 0 saturated carbocycles. The zero-order valence-corrected chi connectivity index (χ0v) is 25.8. The van der Waals surface area contributed by atoms with E-state index in [0.29, 0.717) is 0 Å². The highest BCUT2D eigenvalue weighted by atomic mass is 28.4. The fraction of sp³-hybridized carbons (Fsp3) is 0.826. The summed E-state index contributed by atoms with van der Waals surface area (Å²) in [6.07, 6.45) is 1.55. The third-order valence-corrected chi connectivity index (χ3v) is 20.2. The lowest BCUT2D eigenvalue weighted by Gasteiger charge is -2.39. The van der Waals surface area contributed by atoms with E-state index in [9.17, 15) is 9.59 Å². The zero-order valence-electron chi connectivity index (χ0n) is 22.8. The first-order valence-corrected chi connectivity index (χ1v) is 19.9. The average molecular weight is 489 g/mol. The maximum Gasteiger partial charge on any atom is 0.358 e. The van der Waals surface area contributed by atoms with E-state index in [-0.39, 0.29) is 33.3 Å². The van der Waals surface area contributed by atoms with Gasteiger partial charge in [0.15, 0.2) is 5.76 Å². The van der Waals surface area contributed by atoms with Crippen molar-refractivity contribution in [3.8, 4) is 0 Å². The van der Waals surface area contributed by atoms with Crippen LogP contribution >= 0.6 is 0 Å². The Hall–Kier alpha value is -0.869. The number of rotatable bonds is 7. The van der Waals surface area contributed by atoms with Crippen LogP contribution in [0.3, 0.4) is 0 Å². The third-order valence-electron chi connectivity index (χ3n) is 7.16. The highest BCUT2D eigenvalue weighted by Crippen LogP contribution is 2.40. The van der Waals surface area contributed by atoms with Gasteiger partial charge in [0.1, 0.15) is 0 Å². The smallest absolute Gasteiger partial charge is 0.358 e. The fourth-order valence-electron chi connectivity index (χ4n) is 1.69. The van der Waals surface area contributed by atoms with Crippen molar-refractivity contribution >= 4 is 36.9 Å². The summed E-state index contributed by atoms with van der Waals surface area (Å²) in [7, 11) is -6.86. The summed E-state index contributed by atoms with van der Waals surface area (Å²) >= 11 is 0. The Kier molecular flexibility index (Phi) is 9.28. The second-order valence-electron chi connectivity index (χ2n) is 13.0. The summed E-state index contributed by atoms with van der Waals surface area (Å²) in [6.45, 7) is 31.1. The molecule has 0 aliphatic carbocycles. The average Bonchev–Trinajstić information content (AvgIpc) is 2.46. The van der Waals surface area contributed by atoms with Crippen molar-refractivity contribution in [2.24, 2.45) is 0 Å². The maximum absolute atomic E-state index is 13.2. The van der Waals surface area contributed by atoms with Crippen LogP contribution in [0.5, 0.6) is 0 Å². The molecule has 0 aliphatic heterocycles. The van der Waals surface area contributed by atoms with Gasteiger partial charge in [-0.1, -0.05) is 62.3 Å². The van der Waals surface area contributed by atoms with Gasteiger partial charge in [-0.3, -0.25) is 4.79 Å². The SMILES string of the molecule is CC(C)(C)[Si](C)(C)OC(=O)C/C=C(\O[Si](C)(C)C(C)(C)C)C(=O)O[Si](C)(C)C(C)(C)C. The molecule has 0 fully saturated rings. The van der Waals surface area contributed by atoms with Crippen molar-refractivity contribution in [2.45, 2.75) is 123 Å². The minimum Gasteiger partial charge on any atom is -0.539 e. The van der Waals surface area contributed by atoms with E-state index in [1.54, 1.807) is 6.08 Å². The van der Waals surface area contributed by atoms with Crippen molar-refractivity contribution < 1.29 is 22.9 Å². The molecule has 0 amide bonds. The van der Waals surface area contributed by atoms with Crippen molar-refractivity contribution in [1.29, 1.82) is 0 Å². The maximum atomic E-state index is 13.2. The van der Waals surface area contributed by atoms with Crippen LogP contribution in [0.1, 0.15) is 68.7 Å². The zero-order chi connectivity index (χ0) is 25.3. The molecule has 182 valence electrons. The fourth-order valence-corrected chi connectivity index (χ4v) is 4.54. The first kappa shape index (κ1) is 30.1. The topological polar surface area (TPSA) is 61.8 Å². The molecule has 0 spiro atoms. The van der Waals surface area contributed by atoms with Gasteiger partial charge in [-0.05, 0) is 60.5 Å². The van der Waals surface area contributed by atoms with Gasteiger partial charge in [0, 0.05) is 0 Å². The lowest BCUT2D eigenvalue weighted by Crippen LogP contribution is -2.45. The number of carbonyl (C=O) groups is 2. The van der Waals surface area contributed by atoms with Crippen LogP contribution in [0.4, 0.5) is 0 Å². The van der Waals surface area contributed by atoms with E-state index >= 15 is 0 Å². The minimum atomic E-state index is -2.34. The Balaban J connectivity index is 5.84. The van der Waals surface area contributed by atoms with Gasteiger partial charge in [0.2, 0.25) is 0 Å². The second kappa shape index (κ2) is 9.55. The van der Waals surface area contributed by atoms with Crippen LogP contribution < -0.4 is 0 Å². The molecule has 0 bridgehead atoms. The molecule has 0 N–H and O–H groups in total. The summed E-state index contributed by atoms with van der Waals surface area (Å²) in [4.78, 5) is 25.8. The first-order chi connectivity index (χ1) is 13.3. The molecule has 8 heteroatoms. The second-order valence-corrected chi connectivity index (χ2v) is 27.2. The normalized spacial score (nSPS) is 14.9. The van der Waals surface area contributed by atoms with Crippen LogP contribution in [0.25, 0.3) is 0 Å². The lowest BCUT2D eigenvalue weighted by molar-refractivity contribution is -0.134. The molecule has 0 heterocycles. The quantitative estimate of drug-likeness (QED) is 0.212. The molecule has 0 aliphatic rings. The Labute approximate surface area is 194 Å². The van der Waals surface area contributed by atoms with E-state index in [4.69, 9.17) is 13.3 Å².